The lowest BCUT2D eigenvalue weighted by atomic mass is 10.2. The summed E-state index contributed by atoms with van der Waals surface area (Å²) < 4.78 is 40.0. The minimum absolute atomic E-state index is 0.00571. The normalized spacial score (nSPS) is 12.8. The number of benzene rings is 1. The van der Waals surface area contributed by atoms with Gasteiger partial charge in [-0.3, -0.25) is 0 Å². The van der Waals surface area contributed by atoms with E-state index in [4.69, 9.17) is 5.11 Å². The summed E-state index contributed by atoms with van der Waals surface area (Å²) in [6, 6.07) is 5.69. The number of aliphatic hydroxyl groups is 1. The van der Waals surface area contributed by atoms with Gasteiger partial charge in [0.2, 0.25) is 5.95 Å². The lowest BCUT2D eigenvalue weighted by Gasteiger charge is -2.16. The molecule has 2 rings (SSSR count). The third-order valence-electron chi connectivity index (χ3n) is 3.20. The van der Waals surface area contributed by atoms with Crippen molar-refractivity contribution in [3.63, 3.8) is 0 Å². The van der Waals surface area contributed by atoms with Crippen molar-refractivity contribution < 1.29 is 18.3 Å². The van der Waals surface area contributed by atoms with Gasteiger partial charge in [0.05, 0.1) is 6.61 Å². The molecule has 0 bridgehead atoms. The van der Waals surface area contributed by atoms with E-state index in [1.807, 2.05) is 13.0 Å². The van der Waals surface area contributed by atoms with Gasteiger partial charge in [0.25, 0.3) is 0 Å². The van der Waals surface area contributed by atoms with Crippen LogP contribution in [-0.2, 0) is 6.18 Å². The van der Waals surface area contributed by atoms with Crippen molar-refractivity contribution in [2.24, 2.45) is 0 Å². The zero-order valence-electron chi connectivity index (χ0n) is 12.9. The van der Waals surface area contributed by atoms with Crippen LogP contribution in [0.25, 0.3) is 0 Å². The number of nitrogens with one attached hydrogen (secondary N) is 2. The van der Waals surface area contributed by atoms with Gasteiger partial charge in [-0.05, 0) is 31.5 Å². The van der Waals surface area contributed by atoms with Crippen molar-refractivity contribution in [2.45, 2.75) is 26.1 Å². The first-order chi connectivity index (χ1) is 11.2. The number of nitrogens with zero attached hydrogens (tertiary/aromatic N) is 2. The van der Waals surface area contributed by atoms with Crippen LogP contribution in [0.3, 0.4) is 0 Å². The Kier molecular flexibility index (Phi) is 5.66. The maximum atomic E-state index is 13.0. The molecule has 24 heavy (non-hydrogen) atoms. The highest BCUT2D eigenvalue weighted by atomic mass is 79.9. The summed E-state index contributed by atoms with van der Waals surface area (Å²) in [6.45, 7) is 3.17. The number of hydrogen-bond donors (Lipinski definition) is 3. The molecule has 1 aromatic carbocycles. The van der Waals surface area contributed by atoms with Gasteiger partial charge in [-0.15, -0.1) is 0 Å². The van der Waals surface area contributed by atoms with Crippen LogP contribution < -0.4 is 10.6 Å². The van der Waals surface area contributed by atoms with Crippen LogP contribution in [0.5, 0.6) is 0 Å². The molecule has 1 aromatic heterocycles. The molecule has 3 N–H and O–H groups in total. The smallest absolute Gasteiger partial charge is 0.394 e. The average Bonchev–Trinajstić information content (AvgIpc) is 2.50. The molecule has 0 fully saturated rings. The van der Waals surface area contributed by atoms with E-state index in [1.54, 1.807) is 19.1 Å². The standard InChI is InChI=1S/C15H16BrF3N4O/c1-8(7-24)20-14-22-12(15(17,18)19)6-13(23-14)21-11-5-3-4-10(16)9(11)2/h3-6,8,24H,7H2,1-2H3,(H2,20,21,22,23)/t8-/m0/s1. The molecule has 9 heteroatoms. The predicted molar refractivity (Wildman–Crippen MR) is 89.4 cm³/mol. The van der Waals surface area contributed by atoms with Crippen molar-refractivity contribution in [1.82, 2.24) is 9.97 Å². The van der Waals surface area contributed by atoms with Gasteiger partial charge in [-0.2, -0.15) is 18.2 Å². The molecule has 0 aliphatic heterocycles. The fraction of sp³-hybridized carbons (Fsp3) is 0.333. The maximum Gasteiger partial charge on any atom is 0.433 e. The third-order valence-corrected chi connectivity index (χ3v) is 4.06. The second kappa shape index (κ2) is 7.35. The fourth-order valence-electron chi connectivity index (χ4n) is 1.87. The molecule has 1 atom stereocenters. The summed E-state index contributed by atoms with van der Waals surface area (Å²) in [7, 11) is 0. The lowest BCUT2D eigenvalue weighted by molar-refractivity contribution is -0.141. The number of aliphatic hydroxyl groups excluding tert-OH is 1. The molecule has 0 unspecified atom stereocenters. The SMILES string of the molecule is Cc1c(Br)cccc1Nc1cc(C(F)(F)F)nc(N[C@@H](C)CO)n1. The number of alkyl halides is 3. The molecule has 0 radical (unpaired) electrons. The average molecular weight is 405 g/mol. The van der Waals surface area contributed by atoms with Crippen LogP contribution in [0.2, 0.25) is 0 Å². The molecule has 0 aliphatic rings. The number of anilines is 3. The molecule has 0 amide bonds. The molecule has 0 spiro atoms. The van der Waals surface area contributed by atoms with Crippen molar-refractivity contribution in [3.05, 3.63) is 40.0 Å². The highest BCUT2D eigenvalue weighted by Gasteiger charge is 2.34. The number of halogens is 4. The molecule has 5 nitrogen and oxygen atoms in total. The van der Waals surface area contributed by atoms with Crippen LogP contribution in [0, 0.1) is 6.92 Å². The van der Waals surface area contributed by atoms with E-state index in [2.05, 4.69) is 36.5 Å². The van der Waals surface area contributed by atoms with E-state index in [0.29, 0.717) is 5.69 Å². The monoisotopic (exact) mass is 404 g/mol. The Balaban J connectivity index is 2.41. The van der Waals surface area contributed by atoms with Crippen molar-refractivity contribution in [2.75, 3.05) is 17.2 Å². The molecular formula is C15H16BrF3N4O. The Morgan fingerprint density at radius 3 is 2.62 bits per heavy atom. The Morgan fingerprint density at radius 2 is 2.00 bits per heavy atom. The maximum absolute atomic E-state index is 13.0. The largest absolute Gasteiger partial charge is 0.433 e. The summed E-state index contributed by atoms with van der Waals surface area (Å²) >= 11 is 3.37. The zero-order chi connectivity index (χ0) is 17.9. The summed E-state index contributed by atoms with van der Waals surface area (Å²) in [5.41, 5.74) is 0.389. The van der Waals surface area contributed by atoms with Crippen LogP contribution >= 0.6 is 15.9 Å². The van der Waals surface area contributed by atoms with Crippen LogP contribution in [0.15, 0.2) is 28.7 Å². The predicted octanol–water partition coefficient (Wildman–Crippen LogP) is 4.10. The first-order valence-corrected chi connectivity index (χ1v) is 7.86. The number of rotatable bonds is 5. The summed E-state index contributed by atoms with van der Waals surface area (Å²) in [5, 5.41) is 14.5. The van der Waals surface area contributed by atoms with Crippen LogP contribution in [-0.4, -0.2) is 27.7 Å². The van der Waals surface area contributed by atoms with E-state index in [0.717, 1.165) is 16.1 Å². The minimum atomic E-state index is -4.61. The molecular weight excluding hydrogens is 389 g/mol. The third kappa shape index (κ3) is 4.57. The van der Waals surface area contributed by atoms with E-state index in [1.165, 1.54) is 0 Å². The van der Waals surface area contributed by atoms with Gasteiger partial charge in [-0.25, -0.2) is 4.98 Å². The van der Waals surface area contributed by atoms with Gasteiger partial charge in [0.1, 0.15) is 5.82 Å². The molecule has 0 aliphatic carbocycles. The molecule has 0 saturated heterocycles. The van der Waals surface area contributed by atoms with Crippen molar-refractivity contribution in [1.29, 1.82) is 0 Å². The topological polar surface area (TPSA) is 70.1 Å². The van der Waals surface area contributed by atoms with Gasteiger partial charge in [-0.1, -0.05) is 22.0 Å². The van der Waals surface area contributed by atoms with Gasteiger partial charge in [0, 0.05) is 22.3 Å². The van der Waals surface area contributed by atoms with E-state index in [9.17, 15) is 13.2 Å². The van der Waals surface area contributed by atoms with Gasteiger partial charge < -0.3 is 15.7 Å². The van der Waals surface area contributed by atoms with E-state index < -0.39 is 17.9 Å². The van der Waals surface area contributed by atoms with E-state index in [-0.39, 0.29) is 18.4 Å². The Bertz CT molecular complexity index is 724. The lowest BCUT2D eigenvalue weighted by Crippen LogP contribution is -2.22. The van der Waals surface area contributed by atoms with Crippen LogP contribution in [0.4, 0.5) is 30.6 Å². The van der Waals surface area contributed by atoms with Crippen LogP contribution in [0.1, 0.15) is 18.2 Å². The molecule has 0 saturated carbocycles. The molecule has 1 heterocycles. The first kappa shape index (κ1) is 18.5. The zero-order valence-corrected chi connectivity index (χ0v) is 14.5. The second-order valence-corrected chi connectivity index (χ2v) is 6.08. The minimum Gasteiger partial charge on any atom is -0.394 e. The molecule has 130 valence electrons. The second-order valence-electron chi connectivity index (χ2n) is 5.23. The Labute approximate surface area is 145 Å². The summed E-state index contributed by atoms with van der Waals surface area (Å²) in [6.07, 6.45) is -4.61. The molecule has 2 aromatic rings. The van der Waals surface area contributed by atoms with Crippen molar-refractivity contribution in [3.8, 4) is 0 Å². The highest BCUT2D eigenvalue weighted by Crippen LogP contribution is 2.31. The quantitative estimate of drug-likeness (QED) is 0.699. The summed E-state index contributed by atoms with van der Waals surface area (Å²) in [5.74, 6) is -0.201. The fourth-order valence-corrected chi connectivity index (χ4v) is 2.23. The van der Waals surface area contributed by atoms with Gasteiger partial charge in [0.15, 0.2) is 5.69 Å². The highest BCUT2D eigenvalue weighted by molar-refractivity contribution is 9.10. The number of aromatic nitrogens is 2. The summed E-state index contributed by atoms with van der Waals surface area (Å²) in [4.78, 5) is 7.51. The number of hydrogen-bond acceptors (Lipinski definition) is 5. The Morgan fingerprint density at radius 1 is 1.29 bits per heavy atom. The van der Waals surface area contributed by atoms with Gasteiger partial charge >= 0.3 is 6.18 Å². The first-order valence-electron chi connectivity index (χ1n) is 7.06. The van der Waals surface area contributed by atoms with E-state index >= 15 is 0 Å². The van der Waals surface area contributed by atoms with Crippen molar-refractivity contribution >= 4 is 33.4 Å². The Hall–Kier alpha value is -1.87.